The van der Waals surface area contributed by atoms with Gasteiger partial charge in [-0.25, -0.2) is 0 Å². The first kappa shape index (κ1) is 16.7. The van der Waals surface area contributed by atoms with Crippen LogP contribution in [-0.4, -0.2) is 50.7 Å². The van der Waals surface area contributed by atoms with E-state index in [9.17, 15) is 4.79 Å². The van der Waals surface area contributed by atoms with E-state index in [-0.39, 0.29) is 24.3 Å². The summed E-state index contributed by atoms with van der Waals surface area (Å²) in [6.07, 6.45) is 2.20. The quantitative estimate of drug-likeness (QED) is 0.801. The van der Waals surface area contributed by atoms with Gasteiger partial charge in [-0.3, -0.25) is 4.79 Å². The summed E-state index contributed by atoms with van der Waals surface area (Å²) in [7, 11) is 1.49. The molecule has 2 heterocycles. The number of ether oxygens (including phenoxy) is 1. The number of hydrogen-bond donors (Lipinski definition) is 1. The fourth-order valence-electron chi connectivity index (χ4n) is 3.42. The Labute approximate surface area is 122 Å². The number of nitrogens with one attached hydrogen (secondary N) is 1. The summed E-state index contributed by atoms with van der Waals surface area (Å²) in [6, 6.07) is 0. The monoisotopic (exact) mass is 290 g/mol. The molecule has 0 saturated carbocycles. The lowest BCUT2D eigenvalue weighted by molar-refractivity contribution is -0.149. The first-order chi connectivity index (χ1) is 8.54. The maximum atomic E-state index is 11.6. The van der Waals surface area contributed by atoms with E-state index in [1.807, 2.05) is 0 Å². The van der Waals surface area contributed by atoms with Crippen molar-refractivity contribution in [1.29, 1.82) is 0 Å². The van der Waals surface area contributed by atoms with E-state index < -0.39 is 0 Å². The minimum Gasteiger partial charge on any atom is -0.469 e. The lowest BCUT2D eigenvalue weighted by atomic mass is 9.84. The van der Waals surface area contributed by atoms with Crippen LogP contribution < -0.4 is 5.32 Å². The standard InChI is InChI=1S/C14H26N2O2.ClH/c1-11-8-16(7-4-12(11)13(17)18-3)10-14(2)5-6-15-9-14;/h11-12,15H,4-10H2,1-3H3;1H. The van der Waals surface area contributed by atoms with Crippen LogP contribution >= 0.6 is 12.4 Å². The molecule has 0 bridgehead atoms. The van der Waals surface area contributed by atoms with Crippen LogP contribution in [0, 0.1) is 17.3 Å². The van der Waals surface area contributed by atoms with E-state index >= 15 is 0 Å². The normalized spacial score (nSPS) is 35.7. The summed E-state index contributed by atoms with van der Waals surface area (Å²) in [4.78, 5) is 14.2. The van der Waals surface area contributed by atoms with Gasteiger partial charge in [-0.15, -0.1) is 12.4 Å². The molecule has 2 rings (SSSR count). The number of hydrogen-bond acceptors (Lipinski definition) is 4. The number of methoxy groups -OCH3 is 1. The van der Waals surface area contributed by atoms with Gasteiger partial charge in [0.1, 0.15) is 0 Å². The van der Waals surface area contributed by atoms with Gasteiger partial charge in [-0.1, -0.05) is 13.8 Å². The molecule has 1 N–H and O–H groups in total. The Balaban J connectivity index is 0.00000180. The molecule has 0 aromatic heterocycles. The lowest BCUT2D eigenvalue weighted by Crippen LogP contribution is -2.46. The van der Waals surface area contributed by atoms with Gasteiger partial charge in [-0.05, 0) is 37.3 Å². The van der Waals surface area contributed by atoms with Gasteiger partial charge in [-0.2, -0.15) is 0 Å². The van der Waals surface area contributed by atoms with Crippen molar-refractivity contribution >= 4 is 18.4 Å². The van der Waals surface area contributed by atoms with E-state index in [1.165, 1.54) is 13.5 Å². The van der Waals surface area contributed by atoms with E-state index in [1.54, 1.807) is 0 Å². The molecule has 0 aliphatic carbocycles. The zero-order valence-corrected chi connectivity index (χ0v) is 13.1. The van der Waals surface area contributed by atoms with Crippen molar-refractivity contribution in [3.05, 3.63) is 0 Å². The van der Waals surface area contributed by atoms with Crippen molar-refractivity contribution in [2.75, 3.05) is 39.8 Å². The second kappa shape index (κ2) is 6.91. The third-order valence-electron chi connectivity index (χ3n) is 4.56. The minimum absolute atomic E-state index is 0. The molecule has 3 unspecified atom stereocenters. The van der Waals surface area contributed by atoms with Crippen LogP contribution in [0.4, 0.5) is 0 Å². The first-order valence-corrected chi connectivity index (χ1v) is 7.05. The van der Waals surface area contributed by atoms with Gasteiger partial charge in [0.05, 0.1) is 13.0 Å². The highest BCUT2D eigenvalue weighted by molar-refractivity contribution is 5.85. The largest absolute Gasteiger partial charge is 0.469 e. The van der Waals surface area contributed by atoms with E-state index in [0.29, 0.717) is 11.3 Å². The molecule has 0 radical (unpaired) electrons. The number of rotatable bonds is 3. The highest BCUT2D eigenvalue weighted by atomic mass is 35.5. The van der Waals surface area contributed by atoms with Gasteiger partial charge >= 0.3 is 5.97 Å². The zero-order chi connectivity index (χ0) is 13.2. The van der Waals surface area contributed by atoms with Crippen LogP contribution in [0.2, 0.25) is 0 Å². The maximum absolute atomic E-state index is 11.6. The molecule has 2 saturated heterocycles. The summed E-state index contributed by atoms with van der Waals surface area (Å²) in [5.74, 6) is 0.473. The summed E-state index contributed by atoms with van der Waals surface area (Å²) >= 11 is 0. The highest BCUT2D eigenvalue weighted by Gasteiger charge is 2.36. The van der Waals surface area contributed by atoms with Crippen molar-refractivity contribution < 1.29 is 9.53 Å². The van der Waals surface area contributed by atoms with Crippen molar-refractivity contribution in [3.63, 3.8) is 0 Å². The Bertz CT molecular complexity index is 306. The van der Waals surface area contributed by atoms with E-state index in [4.69, 9.17) is 4.74 Å². The average Bonchev–Trinajstić information content (AvgIpc) is 2.75. The number of halogens is 1. The topological polar surface area (TPSA) is 41.6 Å². The summed E-state index contributed by atoms with van der Waals surface area (Å²) in [6.45, 7) is 10.0. The fourth-order valence-corrected chi connectivity index (χ4v) is 3.42. The van der Waals surface area contributed by atoms with Gasteiger partial charge in [0, 0.05) is 19.6 Å². The predicted molar refractivity (Wildman–Crippen MR) is 78.6 cm³/mol. The second-order valence-corrected chi connectivity index (χ2v) is 6.37. The molecule has 0 aromatic carbocycles. The molecule has 19 heavy (non-hydrogen) atoms. The number of esters is 1. The molecule has 2 aliphatic heterocycles. The summed E-state index contributed by atoms with van der Waals surface area (Å²) in [5.41, 5.74) is 0.415. The molecule has 2 aliphatic rings. The minimum atomic E-state index is -0.0316. The second-order valence-electron chi connectivity index (χ2n) is 6.37. The van der Waals surface area contributed by atoms with Crippen LogP contribution in [-0.2, 0) is 9.53 Å². The molecular weight excluding hydrogens is 264 g/mol. The number of nitrogens with zero attached hydrogens (tertiary/aromatic N) is 1. The highest BCUT2D eigenvalue weighted by Crippen LogP contribution is 2.30. The molecule has 4 nitrogen and oxygen atoms in total. The SMILES string of the molecule is COC(=O)C1CCN(CC2(C)CCNC2)CC1C.Cl. The Morgan fingerprint density at radius 2 is 2.26 bits per heavy atom. The molecule has 0 spiro atoms. The van der Waals surface area contributed by atoms with Crippen LogP contribution in [0.1, 0.15) is 26.7 Å². The number of likely N-dealkylation sites (tertiary alicyclic amines) is 1. The van der Waals surface area contributed by atoms with Gasteiger partial charge in [0.2, 0.25) is 0 Å². The maximum Gasteiger partial charge on any atom is 0.309 e. The van der Waals surface area contributed by atoms with Crippen molar-refractivity contribution in [2.24, 2.45) is 17.3 Å². The molecule has 112 valence electrons. The molecular formula is C14H27ClN2O2. The molecule has 0 aromatic rings. The predicted octanol–water partition coefficient (Wildman–Crippen LogP) is 1.54. The van der Waals surface area contributed by atoms with Crippen molar-refractivity contribution in [2.45, 2.75) is 26.7 Å². The number of piperidine rings is 1. The lowest BCUT2D eigenvalue weighted by Gasteiger charge is -2.39. The van der Waals surface area contributed by atoms with Crippen LogP contribution in [0.3, 0.4) is 0 Å². The third kappa shape index (κ3) is 4.07. The van der Waals surface area contributed by atoms with Gasteiger partial charge in [0.25, 0.3) is 0 Å². The Morgan fingerprint density at radius 3 is 2.79 bits per heavy atom. The number of carbonyl (C=O) groups is 1. The zero-order valence-electron chi connectivity index (χ0n) is 12.3. The molecule has 5 heteroatoms. The van der Waals surface area contributed by atoms with Crippen molar-refractivity contribution in [1.82, 2.24) is 10.2 Å². The van der Waals surface area contributed by atoms with Crippen LogP contribution in [0.5, 0.6) is 0 Å². The average molecular weight is 291 g/mol. The van der Waals surface area contributed by atoms with E-state index in [2.05, 4.69) is 24.1 Å². The first-order valence-electron chi connectivity index (χ1n) is 7.05. The third-order valence-corrected chi connectivity index (χ3v) is 4.56. The molecule has 3 atom stereocenters. The fraction of sp³-hybridized carbons (Fsp3) is 0.929. The molecule has 2 fully saturated rings. The Kier molecular flexibility index (Phi) is 6.09. The van der Waals surface area contributed by atoms with Crippen molar-refractivity contribution in [3.8, 4) is 0 Å². The Morgan fingerprint density at radius 1 is 1.53 bits per heavy atom. The van der Waals surface area contributed by atoms with Crippen LogP contribution in [0.25, 0.3) is 0 Å². The summed E-state index contributed by atoms with van der Waals surface area (Å²) in [5, 5.41) is 3.45. The van der Waals surface area contributed by atoms with Gasteiger partial charge in [0.15, 0.2) is 0 Å². The Hall–Kier alpha value is -0.320. The summed E-state index contributed by atoms with van der Waals surface area (Å²) < 4.78 is 4.88. The number of carbonyl (C=O) groups excluding carboxylic acids is 1. The molecule has 0 amide bonds. The van der Waals surface area contributed by atoms with E-state index in [0.717, 1.165) is 39.1 Å². The smallest absolute Gasteiger partial charge is 0.309 e. The van der Waals surface area contributed by atoms with Gasteiger partial charge < -0.3 is 15.0 Å². The van der Waals surface area contributed by atoms with Crippen LogP contribution in [0.15, 0.2) is 0 Å².